The second kappa shape index (κ2) is 8.62. The fourth-order valence-electron chi connectivity index (χ4n) is 3.48. The Balaban J connectivity index is 1.58. The molecule has 0 aromatic carbocycles. The number of thiophene rings is 1. The molecule has 156 valence electrons. The summed E-state index contributed by atoms with van der Waals surface area (Å²) >= 11 is 1.53. The fourth-order valence-corrected chi connectivity index (χ4v) is 4.16. The zero-order chi connectivity index (χ0) is 21.1. The number of carbonyl (C=O) groups is 1. The quantitative estimate of drug-likeness (QED) is 0.665. The first-order chi connectivity index (χ1) is 14.6. The van der Waals surface area contributed by atoms with E-state index < -0.39 is 0 Å². The maximum atomic E-state index is 13.1. The van der Waals surface area contributed by atoms with Gasteiger partial charge in [-0.15, -0.1) is 11.3 Å². The molecule has 4 rings (SSSR count). The van der Waals surface area contributed by atoms with Crippen molar-refractivity contribution in [2.75, 3.05) is 27.3 Å². The van der Waals surface area contributed by atoms with Crippen LogP contribution < -0.4 is 15.0 Å². The van der Waals surface area contributed by atoms with Gasteiger partial charge >= 0.3 is 6.01 Å². The summed E-state index contributed by atoms with van der Waals surface area (Å²) in [5, 5.41) is 1.95. The molecule has 3 aromatic heterocycles. The van der Waals surface area contributed by atoms with Gasteiger partial charge in [0, 0.05) is 31.1 Å². The number of nitrogens with zero attached hydrogens (tertiary/aromatic N) is 4. The highest BCUT2D eigenvalue weighted by Gasteiger charge is 2.28. The van der Waals surface area contributed by atoms with Crippen LogP contribution in [0.5, 0.6) is 11.9 Å². The zero-order valence-corrected chi connectivity index (χ0v) is 17.4. The van der Waals surface area contributed by atoms with Gasteiger partial charge in [-0.3, -0.25) is 9.59 Å². The van der Waals surface area contributed by atoms with Gasteiger partial charge in [0.2, 0.25) is 5.88 Å². The summed E-state index contributed by atoms with van der Waals surface area (Å²) in [4.78, 5) is 43.6. The molecule has 0 saturated carbocycles. The first-order valence-electron chi connectivity index (χ1n) is 9.49. The number of aromatic nitrogens is 4. The van der Waals surface area contributed by atoms with E-state index in [1.165, 1.54) is 37.7 Å². The maximum Gasteiger partial charge on any atom is 0.320 e. The number of hydrogen-bond donors (Lipinski definition) is 1. The highest BCUT2D eigenvalue weighted by Crippen LogP contribution is 2.28. The number of methoxy groups -OCH3 is 2. The Morgan fingerprint density at radius 1 is 1.23 bits per heavy atom. The number of aromatic amines is 1. The van der Waals surface area contributed by atoms with Crippen LogP contribution in [0.1, 0.15) is 35.1 Å². The van der Waals surface area contributed by atoms with E-state index in [2.05, 4.69) is 19.9 Å². The van der Waals surface area contributed by atoms with Crippen LogP contribution in [0, 0.1) is 0 Å². The van der Waals surface area contributed by atoms with Gasteiger partial charge in [0.05, 0.1) is 24.8 Å². The molecule has 0 spiro atoms. The third-order valence-electron chi connectivity index (χ3n) is 4.92. The molecular weight excluding hydrogens is 406 g/mol. The van der Waals surface area contributed by atoms with Crippen LogP contribution in [0.3, 0.4) is 0 Å². The van der Waals surface area contributed by atoms with E-state index in [1.807, 2.05) is 17.5 Å². The average molecular weight is 427 g/mol. The van der Waals surface area contributed by atoms with Crippen molar-refractivity contribution in [3.63, 3.8) is 0 Å². The lowest BCUT2D eigenvalue weighted by molar-refractivity contribution is 0.0696. The minimum Gasteiger partial charge on any atom is -0.481 e. The molecule has 1 amide bonds. The number of H-pyrrole nitrogens is 1. The van der Waals surface area contributed by atoms with Gasteiger partial charge in [-0.05, 0) is 24.3 Å². The molecule has 1 saturated heterocycles. The highest BCUT2D eigenvalue weighted by molar-refractivity contribution is 7.13. The van der Waals surface area contributed by atoms with Crippen LogP contribution in [-0.2, 0) is 0 Å². The molecule has 0 radical (unpaired) electrons. The third-order valence-corrected chi connectivity index (χ3v) is 5.81. The van der Waals surface area contributed by atoms with Gasteiger partial charge in [0.15, 0.2) is 0 Å². The van der Waals surface area contributed by atoms with E-state index in [1.54, 1.807) is 4.90 Å². The maximum absolute atomic E-state index is 13.1. The van der Waals surface area contributed by atoms with Gasteiger partial charge in [0.25, 0.3) is 11.5 Å². The van der Waals surface area contributed by atoms with Crippen LogP contribution in [-0.4, -0.2) is 58.1 Å². The second-order valence-corrected chi connectivity index (χ2v) is 7.81. The second-order valence-electron chi connectivity index (χ2n) is 6.87. The monoisotopic (exact) mass is 427 g/mol. The van der Waals surface area contributed by atoms with E-state index >= 15 is 0 Å². The van der Waals surface area contributed by atoms with E-state index in [-0.39, 0.29) is 35.0 Å². The summed E-state index contributed by atoms with van der Waals surface area (Å²) in [7, 11) is 2.90. The standard InChI is InChI=1S/C20H21N5O4S/c1-28-17-10-14(22-20(24-17)29-2)19(27)25-7-3-5-12(11-25)18-21-13(9-16(26)23-18)15-6-4-8-30-15/h4,6,8-10,12H,3,5,7,11H2,1-2H3,(H,21,23,26)/t12-/m1/s1. The van der Waals surface area contributed by atoms with Crippen LogP contribution >= 0.6 is 11.3 Å². The number of likely N-dealkylation sites (tertiary alicyclic amines) is 1. The molecule has 0 aliphatic carbocycles. The molecule has 0 bridgehead atoms. The Morgan fingerprint density at radius 2 is 2.10 bits per heavy atom. The number of rotatable bonds is 5. The minimum absolute atomic E-state index is 0.0686. The minimum atomic E-state index is -0.240. The van der Waals surface area contributed by atoms with Gasteiger partial charge in [-0.2, -0.15) is 9.97 Å². The summed E-state index contributed by atoms with van der Waals surface area (Å²) in [6.07, 6.45) is 1.62. The Labute approximate surface area is 176 Å². The molecule has 10 heteroatoms. The van der Waals surface area contributed by atoms with Gasteiger partial charge in [-0.1, -0.05) is 6.07 Å². The van der Waals surface area contributed by atoms with Gasteiger partial charge < -0.3 is 19.4 Å². The number of piperidine rings is 1. The average Bonchev–Trinajstić information content (AvgIpc) is 3.33. The normalized spacial score (nSPS) is 16.3. The Bertz CT molecular complexity index is 1080. The summed E-state index contributed by atoms with van der Waals surface area (Å²) < 4.78 is 10.2. The first kappa shape index (κ1) is 20.0. The summed E-state index contributed by atoms with van der Waals surface area (Å²) in [5.41, 5.74) is 0.655. The molecule has 0 unspecified atom stereocenters. The molecule has 1 aliphatic heterocycles. The fraction of sp³-hybridized carbons (Fsp3) is 0.350. The molecular formula is C20H21N5O4S. The van der Waals surface area contributed by atoms with Crippen LogP contribution in [0.15, 0.2) is 34.4 Å². The van der Waals surface area contributed by atoms with E-state index in [0.717, 1.165) is 17.7 Å². The summed E-state index contributed by atoms with van der Waals surface area (Å²) in [5.74, 6) is 0.547. The number of amides is 1. The Kier molecular flexibility index (Phi) is 5.75. The summed E-state index contributed by atoms with van der Waals surface area (Å²) in [6, 6.07) is 6.92. The largest absolute Gasteiger partial charge is 0.481 e. The SMILES string of the molecule is COc1cc(C(=O)N2CCC[C@@H](c3nc(-c4cccs4)cc(=O)[nH]3)C2)nc(OC)n1. The number of nitrogens with one attached hydrogen (secondary N) is 1. The molecule has 3 aromatic rings. The van der Waals surface area contributed by atoms with Crippen molar-refractivity contribution in [3.8, 4) is 22.5 Å². The highest BCUT2D eigenvalue weighted by atomic mass is 32.1. The van der Waals surface area contributed by atoms with Crippen molar-refractivity contribution < 1.29 is 14.3 Å². The van der Waals surface area contributed by atoms with Crippen LogP contribution in [0.2, 0.25) is 0 Å². The van der Waals surface area contributed by atoms with Gasteiger partial charge in [-0.25, -0.2) is 4.98 Å². The van der Waals surface area contributed by atoms with Crippen molar-refractivity contribution in [1.82, 2.24) is 24.8 Å². The molecule has 1 fully saturated rings. The smallest absolute Gasteiger partial charge is 0.320 e. The van der Waals surface area contributed by atoms with Gasteiger partial charge in [0.1, 0.15) is 11.5 Å². The lowest BCUT2D eigenvalue weighted by Gasteiger charge is -2.32. The first-order valence-corrected chi connectivity index (χ1v) is 10.4. The van der Waals surface area contributed by atoms with E-state index in [0.29, 0.717) is 24.6 Å². The number of ether oxygens (including phenoxy) is 2. The molecule has 30 heavy (non-hydrogen) atoms. The zero-order valence-electron chi connectivity index (χ0n) is 16.6. The molecule has 1 N–H and O–H groups in total. The van der Waals surface area contributed by atoms with Crippen LogP contribution in [0.4, 0.5) is 0 Å². The Hall–Kier alpha value is -3.27. The van der Waals surface area contributed by atoms with Crippen molar-refractivity contribution >= 4 is 17.2 Å². The molecule has 1 atom stereocenters. The van der Waals surface area contributed by atoms with Crippen molar-refractivity contribution in [2.24, 2.45) is 0 Å². The molecule has 4 heterocycles. The number of carbonyl (C=O) groups excluding carboxylic acids is 1. The van der Waals surface area contributed by atoms with E-state index in [9.17, 15) is 9.59 Å². The lowest BCUT2D eigenvalue weighted by atomic mass is 9.96. The number of hydrogen-bond acceptors (Lipinski definition) is 8. The third kappa shape index (κ3) is 4.18. The van der Waals surface area contributed by atoms with E-state index in [4.69, 9.17) is 9.47 Å². The van der Waals surface area contributed by atoms with Crippen molar-refractivity contribution in [2.45, 2.75) is 18.8 Å². The lowest BCUT2D eigenvalue weighted by Crippen LogP contribution is -2.40. The molecule has 9 nitrogen and oxygen atoms in total. The van der Waals surface area contributed by atoms with Crippen molar-refractivity contribution in [3.05, 3.63) is 51.5 Å². The van der Waals surface area contributed by atoms with Crippen LogP contribution in [0.25, 0.3) is 10.6 Å². The predicted octanol–water partition coefficient (Wildman–Crippen LogP) is 2.33. The van der Waals surface area contributed by atoms with Crippen molar-refractivity contribution in [1.29, 1.82) is 0 Å². The predicted molar refractivity (Wildman–Crippen MR) is 111 cm³/mol. The summed E-state index contributed by atoms with van der Waals surface area (Å²) in [6.45, 7) is 1.03. The topological polar surface area (TPSA) is 110 Å². The Morgan fingerprint density at radius 3 is 2.83 bits per heavy atom. The molecule has 1 aliphatic rings.